The first-order valence-corrected chi connectivity index (χ1v) is 10.0. The fourth-order valence-electron chi connectivity index (χ4n) is 2.84. The van der Waals surface area contributed by atoms with Gasteiger partial charge in [-0.15, -0.1) is 0 Å². The summed E-state index contributed by atoms with van der Waals surface area (Å²) < 4.78 is 10.3. The predicted octanol–water partition coefficient (Wildman–Crippen LogP) is 3.87. The Morgan fingerprint density at radius 3 is 1.97 bits per heavy atom. The zero-order valence-corrected chi connectivity index (χ0v) is 18.3. The number of esters is 2. The lowest BCUT2D eigenvalue weighted by atomic mass is 9.98. The molecule has 0 fully saturated rings. The van der Waals surface area contributed by atoms with Crippen LogP contribution in [0.4, 0.5) is 0 Å². The second-order valence-corrected chi connectivity index (χ2v) is 6.74. The van der Waals surface area contributed by atoms with Gasteiger partial charge in [-0.05, 0) is 37.6 Å². The Kier molecular flexibility index (Phi) is 8.76. The number of rotatable bonds is 9. The van der Waals surface area contributed by atoms with Gasteiger partial charge in [0, 0.05) is 25.2 Å². The molecule has 2 aromatic carbocycles. The van der Waals surface area contributed by atoms with Crippen molar-refractivity contribution in [1.82, 2.24) is 4.90 Å². The first kappa shape index (κ1) is 23.6. The van der Waals surface area contributed by atoms with E-state index >= 15 is 0 Å². The van der Waals surface area contributed by atoms with Crippen molar-refractivity contribution in [3.63, 3.8) is 0 Å². The highest BCUT2D eigenvalue weighted by molar-refractivity contribution is 6.18. The van der Waals surface area contributed by atoms with E-state index in [1.165, 1.54) is 12.2 Å². The molecule has 0 saturated carbocycles. The number of ketones is 1. The van der Waals surface area contributed by atoms with Crippen LogP contribution < -0.4 is 0 Å². The van der Waals surface area contributed by atoms with Crippen LogP contribution in [0.5, 0.6) is 0 Å². The summed E-state index contributed by atoms with van der Waals surface area (Å²) in [7, 11) is 3.42. The molecule has 2 aromatic rings. The van der Waals surface area contributed by atoms with Gasteiger partial charge in [0.1, 0.15) is 5.70 Å². The van der Waals surface area contributed by atoms with Crippen LogP contribution in [0.2, 0.25) is 0 Å². The van der Waals surface area contributed by atoms with Crippen molar-refractivity contribution in [3.8, 4) is 0 Å². The van der Waals surface area contributed by atoms with E-state index < -0.39 is 11.9 Å². The Morgan fingerprint density at radius 2 is 1.35 bits per heavy atom. The molecular formula is C25H27NO5. The third kappa shape index (κ3) is 6.40. The van der Waals surface area contributed by atoms with Gasteiger partial charge in [0.2, 0.25) is 0 Å². The number of benzene rings is 2. The minimum absolute atomic E-state index is 0.151. The monoisotopic (exact) mass is 421 g/mol. The van der Waals surface area contributed by atoms with Gasteiger partial charge in [0.25, 0.3) is 0 Å². The summed E-state index contributed by atoms with van der Waals surface area (Å²) in [5, 5.41) is 0. The van der Waals surface area contributed by atoms with Crippen molar-refractivity contribution in [2.24, 2.45) is 0 Å². The number of likely N-dealkylation sites (N-methyl/N-ethyl adjacent to an activating group) is 1. The van der Waals surface area contributed by atoms with Crippen LogP contribution in [0.1, 0.15) is 35.3 Å². The third-order valence-corrected chi connectivity index (χ3v) is 4.34. The van der Waals surface area contributed by atoms with Crippen LogP contribution in [-0.2, 0) is 19.1 Å². The second kappa shape index (κ2) is 11.5. The molecule has 0 unspecified atom stereocenters. The fourth-order valence-corrected chi connectivity index (χ4v) is 2.84. The van der Waals surface area contributed by atoms with E-state index in [0.29, 0.717) is 16.7 Å². The summed E-state index contributed by atoms with van der Waals surface area (Å²) in [5.41, 5.74) is 2.02. The number of carbonyl (C=O) groups excluding carboxylic acids is 3. The lowest BCUT2D eigenvalue weighted by Crippen LogP contribution is -2.21. The molecule has 0 aliphatic rings. The molecule has 0 heterocycles. The van der Waals surface area contributed by atoms with E-state index in [4.69, 9.17) is 9.47 Å². The van der Waals surface area contributed by atoms with Crippen molar-refractivity contribution in [2.45, 2.75) is 13.8 Å². The zero-order chi connectivity index (χ0) is 22.8. The fraction of sp³-hybridized carbons (Fsp3) is 0.240. The molecule has 0 N–H and O–H groups in total. The molecule has 0 bridgehead atoms. The molecular weight excluding hydrogens is 394 g/mol. The number of hydrogen-bond acceptors (Lipinski definition) is 6. The molecule has 0 amide bonds. The average molecular weight is 421 g/mol. The van der Waals surface area contributed by atoms with Crippen molar-refractivity contribution >= 4 is 23.3 Å². The van der Waals surface area contributed by atoms with Crippen molar-refractivity contribution in [3.05, 3.63) is 89.1 Å². The molecule has 0 aromatic heterocycles. The summed E-state index contributed by atoms with van der Waals surface area (Å²) in [4.78, 5) is 39.3. The van der Waals surface area contributed by atoms with Crippen LogP contribution in [0, 0.1) is 0 Å². The Labute approximate surface area is 182 Å². The first-order valence-electron chi connectivity index (χ1n) is 10.0. The average Bonchev–Trinajstić information content (AvgIpc) is 2.77. The summed E-state index contributed by atoms with van der Waals surface area (Å²) in [6.45, 7) is 3.87. The number of ether oxygens (including phenoxy) is 2. The lowest BCUT2D eigenvalue weighted by molar-refractivity contribution is -0.140. The Morgan fingerprint density at radius 1 is 0.774 bits per heavy atom. The molecule has 0 spiro atoms. The lowest BCUT2D eigenvalue weighted by Gasteiger charge is -2.15. The second-order valence-electron chi connectivity index (χ2n) is 6.74. The Balaban J connectivity index is 2.50. The van der Waals surface area contributed by atoms with Crippen molar-refractivity contribution in [1.29, 1.82) is 0 Å². The van der Waals surface area contributed by atoms with Gasteiger partial charge >= 0.3 is 11.9 Å². The quantitative estimate of drug-likeness (QED) is 0.265. The van der Waals surface area contributed by atoms with Crippen molar-refractivity contribution < 1.29 is 23.9 Å². The normalized spacial score (nSPS) is 11.6. The zero-order valence-electron chi connectivity index (χ0n) is 18.3. The van der Waals surface area contributed by atoms with E-state index in [9.17, 15) is 14.4 Å². The first-order chi connectivity index (χ1) is 14.9. The van der Waals surface area contributed by atoms with E-state index in [0.717, 1.165) is 0 Å². The number of hydrogen-bond donors (Lipinski definition) is 0. The van der Waals surface area contributed by atoms with Gasteiger partial charge in [-0.1, -0.05) is 48.5 Å². The molecule has 0 aliphatic carbocycles. The molecule has 6 nitrogen and oxygen atoms in total. The summed E-state index contributed by atoms with van der Waals surface area (Å²) >= 11 is 0. The molecule has 0 atom stereocenters. The summed E-state index contributed by atoms with van der Waals surface area (Å²) in [6, 6.07) is 15.7. The van der Waals surface area contributed by atoms with Gasteiger partial charge in [-0.25, -0.2) is 9.59 Å². The SMILES string of the molecule is CCOC(=O)C(=CC=C(C(=O)OCC)N(C)C)c1cccc(C(=O)c2ccccc2)c1. The molecule has 0 radical (unpaired) electrons. The Bertz CT molecular complexity index is 990. The van der Waals surface area contributed by atoms with E-state index in [1.54, 1.807) is 81.4 Å². The molecule has 6 heteroatoms. The maximum atomic E-state index is 12.8. The molecule has 0 aliphatic heterocycles. The predicted molar refractivity (Wildman–Crippen MR) is 119 cm³/mol. The Hall–Kier alpha value is -3.67. The maximum absolute atomic E-state index is 12.8. The van der Waals surface area contributed by atoms with Gasteiger partial charge in [-0.2, -0.15) is 0 Å². The number of nitrogens with zero attached hydrogens (tertiary/aromatic N) is 1. The van der Waals surface area contributed by atoms with Crippen LogP contribution in [0.15, 0.2) is 72.4 Å². The van der Waals surface area contributed by atoms with Crippen LogP contribution in [0.3, 0.4) is 0 Å². The third-order valence-electron chi connectivity index (χ3n) is 4.34. The molecule has 31 heavy (non-hydrogen) atoms. The summed E-state index contributed by atoms with van der Waals surface area (Å²) in [5.74, 6) is -1.20. The van der Waals surface area contributed by atoms with Gasteiger partial charge in [0.15, 0.2) is 5.78 Å². The topological polar surface area (TPSA) is 72.9 Å². The highest BCUT2D eigenvalue weighted by Crippen LogP contribution is 2.21. The van der Waals surface area contributed by atoms with Crippen LogP contribution in [-0.4, -0.2) is 49.9 Å². The summed E-state index contributed by atoms with van der Waals surface area (Å²) in [6.07, 6.45) is 3.02. The molecule has 0 saturated heterocycles. The van der Waals surface area contributed by atoms with E-state index in [2.05, 4.69) is 0 Å². The maximum Gasteiger partial charge on any atom is 0.354 e. The van der Waals surface area contributed by atoms with E-state index in [1.807, 2.05) is 6.07 Å². The number of allylic oxidation sites excluding steroid dienone is 2. The van der Waals surface area contributed by atoms with Crippen molar-refractivity contribution in [2.75, 3.05) is 27.3 Å². The minimum atomic E-state index is -0.551. The smallest absolute Gasteiger partial charge is 0.354 e. The largest absolute Gasteiger partial charge is 0.462 e. The molecule has 162 valence electrons. The highest BCUT2D eigenvalue weighted by Gasteiger charge is 2.17. The van der Waals surface area contributed by atoms with Gasteiger partial charge in [-0.3, -0.25) is 4.79 Å². The van der Waals surface area contributed by atoms with Gasteiger partial charge < -0.3 is 14.4 Å². The molecule has 2 rings (SSSR count). The van der Waals surface area contributed by atoms with E-state index in [-0.39, 0.29) is 30.3 Å². The van der Waals surface area contributed by atoms with Crippen LogP contribution in [0.25, 0.3) is 5.57 Å². The van der Waals surface area contributed by atoms with Gasteiger partial charge in [0.05, 0.1) is 18.8 Å². The number of carbonyl (C=O) groups is 3. The highest BCUT2D eigenvalue weighted by atomic mass is 16.5. The van der Waals surface area contributed by atoms with Crippen LogP contribution >= 0.6 is 0 Å². The minimum Gasteiger partial charge on any atom is -0.462 e. The standard InChI is InChI=1S/C25H27NO5/c1-5-30-24(28)21(15-16-22(26(3)4)25(29)31-6-2)19-13-10-14-20(17-19)23(27)18-11-8-7-9-12-18/h7-17H,5-6H2,1-4H3.